The first-order chi connectivity index (χ1) is 18.0. The lowest BCUT2D eigenvalue weighted by atomic mass is 9.99. The Labute approximate surface area is 232 Å². The Bertz CT molecular complexity index is 832. The van der Waals surface area contributed by atoms with Gasteiger partial charge in [-0.05, 0) is 57.2 Å². The van der Waals surface area contributed by atoms with Gasteiger partial charge in [0.2, 0.25) is 5.91 Å². The summed E-state index contributed by atoms with van der Waals surface area (Å²) < 4.78 is 16.7. The molecular formula is C27H43ClN4O6. The summed E-state index contributed by atoms with van der Waals surface area (Å²) in [6.45, 7) is 6.54. The predicted octanol–water partition coefficient (Wildman–Crippen LogP) is 2.21. The topological polar surface area (TPSA) is 109 Å². The smallest absolute Gasteiger partial charge is 0.325 e. The molecule has 2 heterocycles. The molecule has 214 valence electrons. The fraction of sp³-hybridized carbons (Fsp3) is 0.667. The van der Waals surface area contributed by atoms with Crippen molar-refractivity contribution in [2.45, 2.75) is 45.3 Å². The van der Waals surface area contributed by atoms with E-state index in [0.717, 1.165) is 50.9 Å². The zero-order chi connectivity index (χ0) is 26.3. The molecule has 1 aromatic rings. The Balaban J connectivity index is 0.00000507. The van der Waals surface area contributed by atoms with Crippen molar-refractivity contribution in [1.82, 2.24) is 20.4 Å². The Morgan fingerprint density at radius 2 is 1.79 bits per heavy atom. The van der Waals surface area contributed by atoms with Gasteiger partial charge in [-0.3, -0.25) is 9.59 Å². The maximum Gasteiger partial charge on any atom is 0.325 e. The number of halogens is 1. The third kappa shape index (κ3) is 11.6. The summed E-state index contributed by atoms with van der Waals surface area (Å²) in [7, 11) is 0. The first-order valence-electron chi connectivity index (χ1n) is 13.4. The summed E-state index contributed by atoms with van der Waals surface area (Å²) in [6.07, 6.45) is 4.18. The number of hydrogen-bond donors (Lipinski definition) is 2. The van der Waals surface area contributed by atoms with Crippen LogP contribution in [0.25, 0.3) is 0 Å². The van der Waals surface area contributed by atoms with Crippen molar-refractivity contribution >= 4 is 30.3 Å². The molecular weight excluding hydrogens is 512 g/mol. The highest BCUT2D eigenvalue weighted by Crippen LogP contribution is 2.18. The first-order valence-corrected chi connectivity index (χ1v) is 13.4. The van der Waals surface area contributed by atoms with Crippen molar-refractivity contribution in [2.24, 2.45) is 5.92 Å². The molecule has 0 radical (unpaired) electrons. The summed E-state index contributed by atoms with van der Waals surface area (Å²) in [5.74, 6) is -0.187. The Kier molecular flexibility index (Phi) is 15.1. The second kappa shape index (κ2) is 18.0. The second-order valence-electron chi connectivity index (χ2n) is 9.54. The van der Waals surface area contributed by atoms with Crippen LogP contribution in [-0.2, 0) is 30.4 Å². The van der Waals surface area contributed by atoms with Gasteiger partial charge in [0.05, 0.1) is 19.3 Å². The van der Waals surface area contributed by atoms with Crippen LogP contribution in [0.2, 0.25) is 0 Å². The molecule has 0 unspecified atom stereocenters. The number of nitrogens with zero attached hydrogens (tertiary/aromatic N) is 2. The number of carbonyl (C=O) groups is 3. The number of nitrogens with one attached hydrogen (secondary N) is 2. The molecule has 2 aliphatic heterocycles. The van der Waals surface area contributed by atoms with Gasteiger partial charge in [-0.2, -0.15) is 0 Å². The van der Waals surface area contributed by atoms with Crippen LogP contribution in [-0.4, -0.2) is 99.4 Å². The molecule has 2 fully saturated rings. The van der Waals surface area contributed by atoms with Gasteiger partial charge in [0.25, 0.3) is 0 Å². The summed E-state index contributed by atoms with van der Waals surface area (Å²) in [4.78, 5) is 40.5. The van der Waals surface area contributed by atoms with Crippen molar-refractivity contribution in [3.05, 3.63) is 35.9 Å². The van der Waals surface area contributed by atoms with Gasteiger partial charge in [0.1, 0.15) is 13.2 Å². The lowest BCUT2D eigenvalue weighted by molar-refractivity contribution is -0.150. The van der Waals surface area contributed by atoms with Crippen molar-refractivity contribution in [2.75, 3.05) is 65.6 Å². The summed E-state index contributed by atoms with van der Waals surface area (Å²) in [5, 5.41) is 6.25. The number of rotatable bonds is 13. The highest BCUT2D eigenvalue weighted by Gasteiger charge is 2.25. The van der Waals surface area contributed by atoms with E-state index in [1.54, 1.807) is 11.8 Å². The summed E-state index contributed by atoms with van der Waals surface area (Å²) in [6, 6.07) is 9.39. The van der Waals surface area contributed by atoms with E-state index in [9.17, 15) is 14.4 Å². The van der Waals surface area contributed by atoms with Gasteiger partial charge >= 0.3 is 12.0 Å². The lowest BCUT2D eigenvalue weighted by Gasteiger charge is -2.33. The van der Waals surface area contributed by atoms with Crippen LogP contribution in [0.1, 0.15) is 38.2 Å². The van der Waals surface area contributed by atoms with Gasteiger partial charge in [-0.1, -0.05) is 30.3 Å². The maximum atomic E-state index is 12.7. The van der Waals surface area contributed by atoms with Crippen molar-refractivity contribution in [1.29, 1.82) is 0 Å². The van der Waals surface area contributed by atoms with E-state index in [2.05, 4.69) is 10.6 Å². The number of likely N-dealkylation sites (tertiary alicyclic amines) is 1. The molecule has 0 aliphatic carbocycles. The van der Waals surface area contributed by atoms with Crippen LogP contribution in [0.15, 0.2) is 30.3 Å². The Morgan fingerprint density at radius 3 is 2.47 bits per heavy atom. The van der Waals surface area contributed by atoms with E-state index >= 15 is 0 Å². The molecule has 2 saturated heterocycles. The van der Waals surface area contributed by atoms with Crippen molar-refractivity contribution < 1.29 is 28.6 Å². The Hall–Kier alpha value is -2.40. The van der Waals surface area contributed by atoms with E-state index in [4.69, 9.17) is 14.2 Å². The van der Waals surface area contributed by atoms with E-state index in [1.807, 2.05) is 30.3 Å². The minimum Gasteiger partial charge on any atom is -0.465 e. The van der Waals surface area contributed by atoms with E-state index in [1.165, 1.54) is 4.90 Å². The van der Waals surface area contributed by atoms with E-state index in [0.29, 0.717) is 25.6 Å². The summed E-state index contributed by atoms with van der Waals surface area (Å²) in [5.41, 5.74) is 0.958. The Morgan fingerprint density at radius 1 is 1.08 bits per heavy atom. The quantitative estimate of drug-likeness (QED) is 0.360. The molecule has 2 aliphatic rings. The molecule has 0 saturated carbocycles. The first kappa shape index (κ1) is 31.8. The molecule has 0 aromatic heterocycles. The van der Waals surface area contributed by atoms with Crippen molar-refractivity contribution in [3.8, 4) is 0 Å². The third-order valence-corrected chi connectivity index (χ3v) is 6.73. The second-order valence-corrected chi connectivity index (χ2v) is 9.54. The molecule has 10 nitrogen and oxygen atoms in total. The predicted molar refractivity (Wildman–Crippen MR) is 146 cm³/mol. The average molecular weight is 555 g/mol. The zero-order valence-corrected chi connectivity index (χ0v) is 23.2. The largest absolute Gasteiger partial charge is 0.465 e. The van der Waals surface area contributed by atoms with Gasteiger partial charge in [0, 0.05) is 32.8 Å². The number of urea groups is 1. The molecule has 11 heteroatoms. The third-order valence-electron chi connectivity index (χ3n) is 6.73. The van der Waals surface area contributed by atoms with Gasteiger partial charge in [-0.15, -0.1) is 12.4 Å². The molecule has 0 spiro atoms. The number of esters is 1. The van der Waals surface area contributed by atoms with Gasteiger partial charge in [-0.25, -0.2) is 4.79 Å². The van der Waals surface area contributed by atoms with E-state index < -0.39 is 5.97 Å². The molecule has 3 rings (SSSR count). The highest BCUT2D eigenvalue weighted by molar-refractivity contribution is 5.85. The number of hydrogen-bond acceptors (Lipinski definition) is 7. The van der Waals surface area contributed by atoms with E-state index in [-0.39, 0.29) is 63.3 Å². The minimum atomic E-state index is -0.489. The SMILES string of the molecule is CCOC(=O)CN(CCNC(=O)N1CCC(OCC2CCNCC2)CC1)C(=O)COCc1ccccc1.Cl. The van der Waals surface area contributed by atoms with Crippen LogP contribution < -0.4 is 10.6 Å². The number of carbonyl (C=O) groups excluding carboxylic acids is 3. The normalized spacial score (nSPS) is 16.4. The lowest BCUT2D eigenvalue weighted by Crippen LogP contribution is -2.49. The summed E-state index contributed by atoms with van der Waals surface area (Å²) >= 11 is 0. The van der Waals surface area contributed by atoms with Crippen LogP contribution in [0.4, 0.5) is 4.79 Å². The van der Waals surface area contributed by atoms with Crippen LogP contribution in [0.5, 0.6) is 0 Å². The van der Waals surface area contributed by atoms with Crippen LogP contribution in [0, 0.1) is 5.92 Å². The minimum absolute atomic E-state index is 0. The molecule has 0 atom stereocenters. The van der Waals surface area contributed by atoms with Crippen LogP contribution in [0.3, 0.4) is 0 Å². The number of amides is 3. The standard InChI is InChI=1S/C27H42N4O6.ClH/c1-2-36-26(33)18-31(25(32)21-35-19-22-6-4-3-5-7-22)17-14-29-27(34)30-15-10-24(11-16-30)37-20-23-8-12-28-13-9-23;/h3-7,23-24,28H,2,8-21H2,1H3,(H,29,34);1H. The fourth-order valence-corrected chi connectivity index (χ4v) is 4.53. The maximum absolute atomic E-state index is 12.7. The fourth-order valence-electron chi connectivity index (χ4n) is 4.53. The van der Waals surface area contributed by atoms with Crippen LogP contribution >= 0.6 is 12.4 Å². The number of piperidine rings is 2. The molecule has 38 heavy (non-hydrogen) atoms. The molecule has 2 N–H and O–H groups in total. The average Bonchev–Trinajstić information content (AvgIpc) is 2.93. The van der Waals surface area contributed by atoms with Gasteiger partial charge in [0.15, 0.2) is 0 Å². The zero-order valence-electron chi connectivity index (χ0n) is 22.4. The van der Waals surface area contributed by atoms with Gasteiger partial charge < -0.3 is 34.6 Å². The molecule has 3 amide bonds. The van der Waals surface area contributed by atoms with Crippen molar-refractivity contribution in [3.63, 3.8) is 0 Å². The molecule has 0 bridgehead atoms. The number of benzene rings is 1. The molecule has 1 aromatic carbocycles. The number of ether oxygens (including phenoxy) is 3. The monoisotopic (exact) mass is 554 g/mol. The highest BCUT2D eigenvalue weighted by atomic mass is 35.5.